The summed E-state index contributed by atoms with van der Waals surface area (Å²) in [5.41, 5.74) is 10.5. The third kappa shape index (κ3) is 2.97. The van der Waals surface area contributed by atoms with Crippen LogP contribution in [0.5, 0.6) is 0 Å². The van der Waals surface area contributed by atoms with Gasteiger partial charge < -0.3 is 10.6 Å². The molecule has 1 aliphatic rings. The van der Waals surface area contributed by atoms with Crippen molar-refractivity contribution < 1.29 is 4.89 Å². The Balaban J connectivity index is 2.05. The fourth-order valence-corrected chi connectivity index (χ4v) is 4.45. The lowest BCUT2D eigenvalue weighted by atomic mass is 9.98. The Morgan fingerprint density at radius 1 is 1.22 bits per heavy atom. The van der Waals surface area contributed by atoms with Gasteiger partial charge >= 0.3 is 0 Å². The number of nitrogens with zero attached hydrogens (tertiary/aromatic N) is 4. The standard InChI is InChI=1S/C20H18N5OP/c1-12-8-16(9-13(2)27(12)26)18-19(15-5-3-4-14(10-15)11-21)24-25-7-6-17(22)23-20(18)25/h3-10,26-27H,1-2H3,(H2,22,23). The molecule has 3 aromatic rings. The minimum Gasteiger partial charge on any atom is -0.384 e. The van der Waals surface area contributed by atoms with Crippen LogP contribution in [-0.4, -0.2) is 24.8 Å². The van der Waals surface area contributed by atoms with E-state index in [1.54, 1.807) is 22.8 Å². The van der Waals surface area contributed by atoms with E-state index in [4.69, 9.17) is 10.8 Å². The van der Waals surface area contributed by atoms with Crippen LogP contribution >= 0.6 is 7.77 Å². The van der Waals surface area contributed by atoms with Gasteiger partial charge in [0.25, 0.3) is 0 Å². The Morgan fingerprint density at radius 2 is 2.04 bits per heavy atom. The second kappa shape index (κ2) is 6.55. The number of benzene rings is 1. The summed E-state index contributed by atoms with van der Waals surface area (Å²) < 4.78 is 1.69. The second-order valence-corrected chi connectivity index (χ2v) is 8.77. The van der Waals surface area contributed by atoms with Gasteiger partial charge in [-0.25, -0.2) is 9.50 Å². The maximum absolute atomic E-state index is 10.3. The van der Waals surface area contributed by atoms with Gasteiger partial charge in [0, 0.05) is 19.5 Å². The van der Waals surface area contributed by atoms with Crippen LogP contribution in [0.4, 0.5) is 5.82 Å². The number of nitrogens with two attached hydrogens (primary N) is 1. The fraction of sp³-hybridized carbons (Fsp3) is 0.100. The van der Waals surface area contributed by atoms with Crippen LogP contribution in [0.1, 0.15) is 25.0 Å². The molecule has 0 radical (unpaired) electrons. The SMILES string of the molecule is CC1=CC(c2c(-c3cccc(C#N)c3)nn3ccc(N)nc23)=CC(C)=[PH]1O. The van der Waals surface area contributed by atoms with Crippen molar-refractivity contribution in [1.29, 1.82) is 5.26 Å². The molecule has 0 fully saturated rings. The lowest BCUT2D eigenvalue weighted by molar-refractivity contribution is 0.647. The number of fused-ring (bicyclic) bond motifs is 1. The summed E-state index contributed by atoms with van der Waals surface area (Å²) >= 11 is 0. The first-order chi connectivity index (χ1) is 13.0. The Bertz CT molecular complexity index is 1230. The third-order valence-corrected chi connectivity index (χ3v) is 6.33. The molecule has 0 saturated carbocycles. The Labute approximate surface area is 157 Å². The van der Waals surface area contributed by atoms with E-state index in [1.165, 1.54) is 0 Å². The molecular weight excluding hydrogens is 357 g/mol. The first-order valence-corrected chi connectivity index (χ1v) is 9.88. The van der Waals surface area contributed by atoms with Crippen LogP contribution in [0.3, 0.4) is 0 Å². The number of aromatic nitrogens is 3. The first kappa shape index (κ1) is 17.3. The van der Waals surface area contributed by atoms with Gasteiger partial charge in [-0.3, -0.25) is 0 Å². The number of anilines is 1. The molecule has 0 amide bonds. The quantitative estimate of drug-likeness (QED) is 0.668. The van der Waals surface area contributed by atoms with E-state index >= 15 is 0 Å². The van der Waals surface area contributed by atoms with Crippen LogP contribution in [0, 0.1) is 11.3 Å². The third-order valence-electron chi connectivity index (χ3n) is 4.55. The normalized spacial score (nSPS) is 16.8. The summed E-state index contributed by atoms with van der Waals surface area (Å²) in [5, 5.41) is 15.9. The largest absolute Gasteiger partial charge is 0.384 e. The fourth-order valence-electron chi connectivity index (χ4n) is 3.25. The van der Waals surface area contributed by atoms with Gasteiger partial charge in [0.15, 0.2) is 5.65 Å². The lowest BCUT2D eigenvalue weighted by Gasteiger charge is -2.14. The molecule has 6 nitrogen and oxygen atoms in total. The summed E-state index contributed by atoms with van der Waals surface area (Å²) in [5.74, 6) is 0.408. The molecule has 0 saturated heterocycles. The summed E-state index contributed by atoms with van der Waals surface area (Å²) in [6, 6.07) is 11.2. The topological polar surface area (TPSA) is 100 Å². The summed E-state index contributed by atoms with van der Waals surface area (Å²) in [7, 11) is -1.63. The number of hydrogen-bond donors (Lipinski definition) is 2. The molecule has 1 aromatic carbocycles. The predicted molar refractivity (Wildman–Crippen MR) is 110 cm³/mol. The summed E-state index contributed by atoms with van der Waals surface area (Å²) in [4.78, 5) is 14.8. The second-order valence-electron chi connectivity index (χ2n) is 6.50. The van der Waals surface area contributed by atoms with Gasteiger partial charge in [-0.15, -0.1) is 0 Å². The van der Waals surface area contributed by atoms with Crippen molar-refractivity contribution >= 4 is 30.1 Å². The van der Waals surface area contributed by atoms with Crippen molar-refractivity contribution in [2.75, 3.05) is 5.73 Å². The summed E-state index contributed by atoms with van der Waals surface area (Å²) in [6.07, 6.45) is 5.75. The van der Waals surface area contributed by atoms with Crippen molar-refractivity contribution in [2.45, 2.75) is 13.8 Å². The maximum Gasteiger partial charge on any atom is 0.165 e. The molecule has 7 heteroatoms. The van der Waals surface area contributed by atoms with Gasteiger partial charge in [-0.2, -0.15) is 10.4 Å². The highest BCUT2D eigenvalue weighted by Crippen LogP contribution is 2.41. The van der Waals surface area contributed by atoms with Gasteiger partial charge in [-0.05, 0) is 60.4 Å². The van der Waals surface area contributed by atoms with Gasteiger partial charge in [0.2, 0.25) is 0 Å². The molecule has 4 rings (SSSR count). The molecule has 3 heterocycles. The van der Waals surface area contributed by atoms with Crippen LogP contribution in [0.25, 0.3) is 22.5 Å². The molecular formula is C20H18N5OP. The van der Waals surface area contributed by atoms with Crippen molar-refractivity contribution in [2.24, 2.45) is 0 Å². The van der Waals surface area contributed by atoms with Gasteiger partial charge in [0.1, 0.15) is 11.5 Å². The number of rotatable bonds is 2. The molecule has 0 aliphatic carbocycles. The van der Waals surface area contributed by atoms with Crippen LogP contribution in [0.15, 0.2) is 54.0 Å². The molecule has 0 bridgehead atoms. The zero-order chi connectivity index (χ0) is 19.1. The highest BCUT2D eigenvalue weighted by Gasteiger charge is 2.21. The van der Waals surface area contributed by atoms with Crippen molar-refractivity contribution in [3.05, 3.63) is 65.1 Å². The average molecular weight is 375 g/mol. The molecule has 0 spiro atoms. The lowest BCUT2D eigenvalue weighted by Crippen LogP contribution is -1.98. The van der Waals surface area contributed by atoms with E-state index in [9.17, 15) is 10.2 Å². The maximum atomic E-state index is 10.3. The van der Waals surface area contributed by atoms with Crippen molar-refractivity contribution in [1.82, 2.24) is 14.6 Å². The average Bonchev–Trinajstić information content (AvgIpc) is 3.04. The van der Waals surface area contributed by atoms with Crippen LogP contribution < -0.4 is 5.73 Å². The number of nitriles is 1. The van der Waals surface area contributed by atoms with Gasteiger partial charge in [-0.1, -0.05) is 12.1 Å². The van der Waals surface area contributed by atoms with Crippen LogP contribution in [0.2, 0.25) is 0 Å². The van der Waals surface area contributed by atoms with Crippen LogP contribution in [-0.2, 0) is 0 Å². The van der Waals surface area contributed by atoms with Crippen molar-refractivity contribution in [3.8, 4) is 17.3 Å². The smallest absolute Gasteiger partial charge is 0.165 e. The zero-order valence-corrected chi connectivity index (χ0v) is 15.9. The molecule has 134 valence electrons. The Kier molecular flexibility index (Phi) is 4.19. The van der Waals surface area contributed by atoms with E-state index in [0.29, 0.717) is 17.0 Å². The minimum atomic E-state index is -1.63. The molecule has 1 atom stereocenters. The molecule has 2 aromatic heterocycles. The molecule has 1 aliphatic heterocycles. The Hall–Kier alpha value is -3.13. The number of allylic oxidation sites excluding steroid dienone is 4. The Morgan fingerprint density at radius 3 is 2.78 bits per heavy atom. The minimum absolute atomic E-state index is 0.408. The van der Waals surface area contributed by atoms with E-state index in [1.807, 2.05) is 44.2 Å². The van der Waals surface area contributed by atoms with E-state index in [-0.39, 0.29) is 0 Å². The highest BCUT2D eigenvalue weighted by molar-refractivity contribution is 7.58. The van der Waals surface area contributed by atoms with E-state index < -0.39 is 7.77 Å². The number of hydrogen-bond acceptors (Lipinski definition) is 5. The highest BCUT2D eigenvalue weighted by atomic mass is 31.1. The first-order valence-electron chi connectivity index (χ1n) is 8.44. The van der Waals surface area contributed by atoms with Gasteiger partial charge in [0.05, 0.1) is 17.2 Å². The molecule has 1 unspecified atom stereocenters. The zero-order valence-electron chi connectivity index (χ0n) is 14.9. The number of nitrogen functional groups attached to an aromatic ring is 1. The molecule has 3 N–H and O–H groups in total. The van der Waals surface area contributed by atoms with E-state index in [2.05, 4.69) is 11.1 Å². The molecule has 27 heavy (non-hydrogen) atoms. The van der Waals surface area contributed by atoms with E-state index in [0.717, 1.165) is 33.0 Å². The predicted octanol–water partition coefficient (Wildman–Crippen LogP) is 3.46. The summed E-state index contributed by atoms with van der Waals surface area (Å²) in [6.45, 7) is 3.88. The van der Waals surface area contributed by atoms with Crippen molar-refractivity contribution in [3.63, 3.8) is 0 Å². The monoisotopic (exact) mass is 375 g/mol.